The SMILES string of the molecule is Cc1ccc(Cl)c(OCc2nnc(-c3ccccc3Br)o2)c1. The van der Waals surface area contributed by atoms with Crippen molar-refractivity contribution in [1.29, 1.82) is 0 Å². The van der Waals surface area contributed by atoms with Crippen LogP contribution in [0.5, 0.6) is 5.75 Å². The Labute approximate surface area is 141 Å². The summed E-state index contributed by atoms with van der Waals surface area (Å²) in [6, 6.07) is 13.2. The van der Waals surface area contributed by atoms with E-state index in [2.05, 4.69) is 26.1 Å². The van der Waals surface area contributed by atoms with Crippen LogP contribution in [0, 0.1) is 6.92 Å². The predicted molar refractivity (Wildman–Crippen MR) is 88.0 cm³/mol. The van der Waals surface area contributed by atoms with Gasteiger partial charge in [-0.25, -0.2) is 0 Å². The lowest BCUT2D eigenvalue weighted by Gasteiger charge is -2.06. The number of aryl methyl sites for hydroxylation is 1. The summed E-state index contributed by atoms with van der Waals surface area (Å²) < 4.78 is 12.2. The van der Waals surface area contributed by atoms with Crippen LogP contribution in [0.15, 0.2) is 51.4 Å². The molecule has 2 aromatic carbocycles. The van der Waals surface area contributed by atoms with Crippen molar-refractivity contribution in [2.45, 2.75) is 13.5 Å². The summed E-state index contributed by atoms with van der Waals surface area (Å²) in [7, 11) is 0. The van der Waals surface area contributed by atoms with E-state index in [9.17, 15) is 0 Å². The summed E-state index contributed by atoms with van der Waals surface area (Å²) in [4.78, 5) is 0. The Bertz CT molecular complexity index is 804. The van der Waals surface area contributed by atoms with Gasteiger partial charge in [0.15, 0.2) is 6.61 Å². The van der Waals surface area contributed by atoms with Crippen LogP contribution in [-0.2, 0) is 6.61 Å². The Balaban J connectivity index is 1.75. The fraction of sp³-hybridized carbons (Fsp3) is 0.125. The van der Waals surface area contributed by atoms with Crippen LogP contribution in [0.3, 0.4) is 0 Å². The third-order valence-corrected chi connectivity index (χ3v) is 4.01. The second-order valence-corrected chi connectivity index (χ2v) is 5.96. The first-order chi connectivity index (χ1) is 10.6. The third-order valence-electron chi connectivity index (χ3n) is 3.01. The Hall–Kier alpha value is -1.85. The van der Waals surface area contributed by atoms with Gasteiger partial charge in [-0.2, -0.15) is 0 Å². The number of benzene rings is 2. The van der Waals surface area contributed by atoms with Gasteiger partial charge in [-0.3, -0.25) is 0 Å². The minimum Gasteiger partial charge on any atom is -0.482 e. The van der Waals surface area contributed by atoms with E-state index in [4.69, 9.17) is 20.8 Å². The molecule has 6 heteroatoms. The number of aromatic nitrogens is 2. The van der Waals surface area contributed by atoms with Crippen LogP contribution in [0.1, 0.15) is 11.5 Å². The zero-order valence-corrected chi connectivity index (χ0v) is 14.1. The summed E-state index contributed by atoms with van der Waals surface area (Å²) in [5, 5.41) is 8.59. The average molecular weight is 380 g/mol. The Kier molecular flexibility index (Phi) is 4.45. The Morgan fingerprint density at radius 1 is 1.18 bits per heavy atom. The zero-order chi connectivity index (χ0) is 15.5. The summed E-state index contributed by atoms with van der Waals surface area (Å²) in [5.74, 6) is 1.44. The molecule has 0 unspecified atom stereocenters. The molecule has 0 atom stereocenters. The van der Waals surface area contributed by atoms with E-state index in [1.807, 2.05) is 43.3 Å². The predicted octanol–water partition coefficient (Wildman–Crippen LogP) is 5.04. The lowest BCUT2D eigenvalue weighted by molar-refractivity contribution is 0.264. The lowest BCUT2D eigenvalue weighted by atomic mass is 10.2. The van der Waals surface area contributed by atoms with Gasteiger partial charge in [0.1, 0.15) is 5.75 Å². The molecule has 0 aliphatic rings. The first-order valence-corrected chi connectivity index (χ1v) is 7.77. The summed E-state index contributed by atoms with van der Waals surface area (Å²) >= 11 is 9.55. The molecule has 22 heavy (non-hydrogen) atoms. The van der Waals surface area contributed by atoms with Gasteiger partial charge < -0.3 is 9.15 Å². The van der Waals surface area contributed by atoms with Crippen molar-refractivity contribution in [3.8, 4) is 17.2 Å². The molecular formula is C16H12BrClN2O2. The quantitative estimate of drug-likeness (QED) is 0.637. The smallest absolute Gasteiger partial charge is 0.254 e. The van der Waals surface area contributed by atoms with Crippen LogP contribution >= 0.6 is 27.5 Å². The van der Waals surface area contributed by atoms with Crippen LogP contribution in [-0.4, -0.2) is 10.2 Å². The second-order valence-electron chi connectivity index (χ2n) is 4.70. The Morgan fingerprint density at radius 3 is 2.82 bits per heavy atom. The lowest BCUT2D eigenvalue weighted by Crippen LogP contribution is -1.96. The summed E-state index contributed by atoms with van der Waals surface area (Å²) in [6.07, 6.45) is 0. The van der Waals surface area contributed by atoms with E-state index >= 15 is 0 Å². The van der Waals surface area contributed by atoms with Crippen molar-refractivity contribution < 1.29 is 9.15 Å². The van der Waals surface area contributed by atoms with E-state index in [0.29, 0.717) is 22.6 Å². The van der Waals surface area contributed by atoms with Gasteiger partial charge >= 0.3 is 0 Å². The van der Waals surface area contributed by atoms with Gasteiger partial charge in [0, 0.05) is 4.47 Å². The summed E-state index contributed by atoms with van der Waals surface area (Å²) in [6.45, 7) is 2.14. The van der Waals surface area contributed by atoms with Crippen molar-refractivity contribution >= 4 is 27.5 Å². The van der Waals surface area contributed by atoms with Crippen molar-refractivity contribution in [3.05, 3.63) is 63.4 Å². The molecule has 0 spiro atoms. The van der Waals surface area contributed by atoms with Crippen molar-refractivity contribution in [1.82, 2.24) is 10.2 Å². The van der Waals surface area contributed by atoms with Crippen LogP contribution in [0.2, 0.25) is 5.02 Å². The molecule has 0 aliphatic heterocycles. The fourth-order valence-corrected chi connectivity index (χ4v) is 2.54. The van der Waals surface area contributed by atoms with Crippen molar-refractivity contribution in [2.75, 3.05) is 0 Å². The monoisotopic (exact) mass is 378 g/mol. The highest BCUT2D eigenvalue weighted by atomic mass is 79.9. The molecule has 0 amide bonds. The molecule has 0 bridgehead atoms. The number of nitrogens with zero attached hydrogens (tertiary/aromatic N) is 2. The molecule has 3 rings (SSSR count). The number of halogens is 2. The minimum absolute atomic E-state index is 0.167. The molecule has 0 saturated heterocycles. The minimum atomic E-state index is 0.167. The van der Waals surface area contributed by atoms with E-state index in [0.717, 1.165) is 15.6 Å². The molecule has 0 radical (unpaired) electrons. The van der Waals surface area contributed by atoms with Crippen LogP contribution in [0.4, 0.5) is 0 Å². The van der Waals surface area contributed by atoms with Gasteiger partial charge in [-0.05, 0) is 52.7 Å². The zero-order valence-electron chi connectivity index (χ0n) is 11.7. The topological polar surface area (TPSA) is 48.2 Å². The highest BCUT2D eigenvalue weighted by molar-refractivity contribution is 9.10. The van der Waals surface area contributed by atoms with Gasteiger partial charge in [0.05, 0.1) is 10.6 Å². The third kappa shape index (κ3) is 3.31. The van der Waals surface area contributed by atoms with Gasteiger partial charge in [-0.1, -0.05) is 29.8 Å². The van der Waals surface area contributed by atoms with E-state index in [1.54, 1.807) is 6.07 Å². The highest BCUT2D eigenvalue weighted by Crippen LogP contribution is 2.28. The molecule has 112 valence electrons. The maximum Gasteiger partial charge on any atom is 0.254 e. The largest absolute Gasteiger partial charge is 0.482 e. The van der Waals surface area contributed by atoms with Gasteiger partial charge in [0.25, 0.3) is 5.89 Å². The number of hydrogen-bond acceptors (Lipinski definition) is 4. The first kappa shape index (κ1) is 15.1. The number of rotatable bonds is 4. The van der Waals surface area contributed by atoms with Gasteiger partial charge in [0.2, 0.25) is 5.89 Å². The van der Waals surface area contributed by atoms with E-state index in [1.165, 1.54) is 0 Å². The highest BCUT2D eigenvalue weighted by Gasteiger charge is 2.12. The molecule has 3 aromatic rings. The number of ether oxygens (including phenoxy) is 1. The molecule has 0 saturated carbocycles. The van der Waals surface area contributed by atoms with E-state index < -0.39 is 0 Å². The van der Waals surface area contributed by atoms with Crippen LogP contribution < -0.4 is 4.74 Å². The molecule has 0 fully saturated rings. The molecule has 1 aromatic heterocycles. The van der Waals surface area contributed by atoms with Crippen molar-refractivity contribution in [3.63, 3.8) is 0 Å². The normalized spacial score (nSPS) is 10.7. The van der Waals surface area contributed by atoms with Crippen molar-refractivity contribution in [2.24, 2.45) is 0 Å². The molecule has 0 aliphatic carbocycles. The Morgan fingerprint density at radius 2 is 2.00 bits per heavy atom. The standard InChI is InChI=1S/C16H12BrClN2O2/c1-10-6-7-13(18)14(8-10)21-9-15-19-20-16(22-15)11-4-2-3-5-12(11)17/h2-8H,9H2,1H3. The molecule has 0 N–H and O–H groups in total. The summed E-state index contributed by atoms with van der Waals surface area (Å²) in [5.41, 5.74) is 1.91. The molecule has 4 nitrogen and oxygen atoms in total. The fourth-order valence-electron chi connectivity index (χ4n) is 1.92. The number of hydrogen-bond donors (Lipinski definition) is 0. The molecular weight excluding hydrogens is 368 g/mol. The second kappa shape index (κ2) is 6.50. The first-order valence-electron chi connectivity index (χ1n) is 6.60. The van der Waals surface area contributed by atoms with Crippen LogP contribution in [0.25, 0.3) is 11.5 Å². The van der Waals surface area contributed by atoms with Gasteiger partial charge in [-0.15, -0.1) is 10.2 Å². The average Bonchev–Trinajstić information content (AvgIpc) is 2.97. The maximum absolute atomic E-state index is 6.09. The van der Waals surface area contributed by atoms with E-state index in [-0.39, 0.29) is 6.61 Å². The molecule has 1 heterocycles. The maximum atomic E-state index is 6.09.